The topological polar surface area (TPSA) is 70.7 Å². The molecule has 0 spiro atoms. The molecule has 3 N–H and O–H groups in total. The van der Waals surface area contributed by atoms with E-state index < -0.39 is 0 Å². The van der Waals surface area contributed by atoms with E-state index in [1.54, 1.807) is 6.08 Å². The number of guanidine groups is 1. The lowest BCUT2D eigenvalue weighted by Gasteiger charge is -2.30. The SMILES string of the molecule is C=CCNC(=O)CN=C(N)N1CCC(C)CC1.I. The molecule has 0 aliphatic carbocycles. The van der Waals surface area contributed by atoms with Crippen LogP contribution in [0.25, 0.3) is 0 Å². The Hall–Kier alpha value is -0.790. The quantitative estimate of drug-likeness (QED) is 0.337. The summed E-state index contributed by atoms with van der Waals surface area (Å²) in [6.07, 6.45) is 3.91. The number of piperidine rings is 1. The molecule has 0 atom stereocenters. The molecule has 0 aromatic heterocycles. The number of nitrogens with zero attached hydrogens (tertiary/aromatic N) is 2. The van der Waals surface area contributed by atoms with Crippen molar-refractivity contribution in [1.29, 1.82) is 0 Å². The summed E-state index contributed by atoms with van der Waals surface area (Å²) >= 11 is 0. The minimum Gasteiger partial charge on any atom is -0.370 e. The van der Waals surface area contributed by atoms with Crippen LogP contribution in [-0.2, 0) is 4.79 Å². The average Bonchev–Trinajstić information content (AvgIpc) is 2.34. The summed E-state index contributed by atoms with van der Waals surface area (Å²) in [7, 11) is 0. The van der Waals surface area contributed by atoms with Crippen LogP contribution in [0.2, 0.25) is 0 Å². The van der Waals surface area contributed by atoms with E-state index in [4.69, 9.17) is 5.73 Å². The molecule has 18 heavy (non-hydrogen) atoms. The molecule has 5 nitrogen and oxygen atoms in total. The third-order valence-corrected chi connectivity index (χ3v) is 2.94. The fourth-order valence-electron chi connectivity index (χ4n) is 1.73. The summed E-state index contributed by atoms with van der Waals surface area (Å²) in [5.41, 5.74) is 5.85. The molecule has 0 bridgehead atoms. The second-order valence-corrected chi connectivity index (χ2v) is 4.44. The van der Waals surface area contributed by atoms with Gasteiger partial charge in [0, 0.05) is 19.6 Å². The monoisotopic (exact) mass is 366 g/mol. The Labute approximate surface area is 126 Å². The molecule has 1 aliphatic rings. The number of nitrogens with one attached hydrogen (secondary N) is 1. The Morgan fingerprint density at radius 1 is 1.56 bits per heavy atom. The van der Waals surface area contributed by atoms with Gasteiger partial charge in [-0.05, 0) is 18.8 Å². The van der Waals surface area contributed by atoms with Gasteiger partial charge in [-0.15, -0.1) is 30.6 Å². The molecule has 0 radical (unpaired) electrons. The summed E-state index contributed by atoms with van der Waals surface area (Å²) < 4.78 is 0. The number of aliphatic imine (C=N–C) groups is 1. The number of carbonyl (C=O) groups excluding carboxylic acids is 1. The normalized spacial score (nSPS) is 16.9. The summed E-state index contributed by atoms with van der Waals surface area (Å²) in [5, 5.41) is 2.66. The molecule has 1 rings (SSSR count). The van der Waals surface area contributed by atoms with E-state index in [0.29, 0.717) is 12.5 Å². The number of carbonyl (C=O) groups is 1. The fraction of sp³-hybridized carbons (Fsp3) is 0.667. The van der Waals surface area contributed by atoms with Crippen LogP contribution in [0.15, 0.2) is 17.6 Å². The van der Waals surface area contributed by atoms with Gasteiger partial charge in [0.1, 0.15) is 6.54 Å². The maximum Gasteiger partial charge on any atom is 0.242 e. The zero-order chi connectivity index (χ0) is 12.7. The first kappa shape index (κ1) is 17.2. The van der Waals surface area contributed by atoms with Gasteiger partial charge in [-0.3, -0.25) is 4.79 Å². The van der Waals surface area contributed by atoms with Crippen molar-refractivity contribution in [2.24, 2.45) is 16.6 Å². The highest BCUT2D eigenvalue weighted by atomic mass is 127. The molecular weight excluding hydrogens is 343 g/mol. The van der Waals surface area contributed by atoms with Gasteiger partial charge < -0.3 is 16.0 Å². The predicted molar refractivity (Wildman–Crippen MR) is 85.1 cm³/mol. The summed E-state index contributed by atoms with van der Waals surface area (Å²) in [6, 6.07) is 0. The molecule has 6 heteroatoms. The average molecular weight is 366 g/mol. The number of amides is 1. The Balaban J connectivity index is 0.00000289. The third kappa shape index (κ3) is 6.23. The number of rotatable bonds is 4. The van der Waals surface area contributed by atoms with E-state index in [1.807, 2.05) is 4.90 Å². The van der Waals surface area contributed by atoms with Crippen molar-refractivity contribution in [1.82, 2.24) is 10.2 Å². The zero-order valence-corrected chi connectivity index (χ0v) is 13.2. The van der Waals surface area contributed by atoms with E-state index in [1.165, 1.54) is 0 Å². The van der Waals surface area contributed by atoms with Crippen LogP contribution in [0.5, 0.6) is 0 Å². The molecule has 0 aromatic rings. The maximum atomic E-state index is 11.3. The second-order valence-electron chi connectivity index (χ2n) is 4.44. The van der Waals surface area contributed by atoms with Crippen LogP contribution in [0.3, 0.4) is 0 Å². The van der Waals surface area contributed by atoms with Crippen LogP contribution >= 0.6 is 24.0 Å². The van der Waals surface area contributed by atoms with Crippen molar-refractivity contribution in [2.45, 2.75) is 19.8 Å². The standard InChI is InChI=1S/C12H22N4O.HI/c1-3-6-14-11(17)9-15-12(13)16-7-4-10(2)5-8-16;/h3,10H,1,4-9H2,2H3,(H2,13,15)(H,14,17);1H. The Morgan fingerprint density at radius 3 is 2.72 bits per heavy atom. The van der Waals surface area contributed by atoms with Crippen molar-refractivity contribution in [2.75, 3.05) is 26.2 Å². The second kappa shape index (κ2) is 9.18. The zero-order valence-electron chi connectivity index (χ0n) is 10.9. The molecular formula is C12H23IN4O. The molecule has 1 aliphatic heterocycles. The highest BCUT2D eigenvalue weighted by molar-refractivity contribution is 14.0. The Morgan fingerprint density at radius 2 is 2.17 bits per heavy atom. The van der Waals surface area contributed by atoms with E-state index in [2.05, 4.69) is 23.8 Å². The molecule has 0 unspecified atom stereocenters. The smallest absolute Gasteiger partial charge is 0.242 e. The van der Waals surface area contributed by atoms with Gasteiger partial charge in [-0.1, -0.05) is 13.0 Å². The Kier molecular flexibility index (Phi) is 8.78. The lowest BCUT2D eigenvalue weighted by atomic mass is 10.00. The summed E-state index contributed by atoms with van der Waals surface area (Å²) in [5.74, 6) is 1.11. The number of halogens is 1. The first-order valence-corrected chi connectivity index (χ1v) is 6.06. The highest BCUT2D eigenvalue weighted by Gasteiger charge is 2.16. The first-order valence-electron chi connectivity index (χ1n) is 6.06. The minimum absolute atomic E-state index is 0. The van der Waals surface area contributed by atoms with Gasteiger partial charge >= 0.3 is 0 Å². The molecule has 1 fully saturated rings. The molecule has 1 heterocycles. The van der Waals surface area contributed by atoms with Crippen LogP contribution in [-0.4, -0.2) is 42.9 Å². The summed E-state index contributed by atoms with van der Waals surface area (Å²) in [6.45, 7) is 8.20. The lowest BCUT2D eigenvalue weighted by molar-refractivity contribution is -0.119. The lowest BCUT2D eigenvalue weighted by Crippen LogP contribution is -2.43. The largest absolute Gasteiger partial charge is 0.370 e. The Bertz CT molecular complexity index is 298. The molecule has 0 aromatic carbocycles. The van der Waals surface area contributed by atoms with Crippen LogP contribution < -0.4 is 11.1 Å². The van der Waals surface area contributed by atoms with Gasteiger partial charge in [0.05, 0.1) is 0 Å². The van der Waals surface area contributed by atoms with Crippen molar-refractivity contribution in [3.63, 3.8) is 0 Å². The van der Waals surface area contributed by atoms with Gasteiger partial charge in [0.25, 0.3) is 0 Å². The van der Waals surface area contributed by atoms with Crippen LogP contribution in [0.4, 0.5) is 0 Å². The highest BCUT2D eigenvalue weighted by Crippen LogP contribution is 2.15. The number of likely N-dealkylation sites (tertiary alicyclic amines) is 1. The van der Waals surface area contributed by atoms with Crippen molar-refractivity contribution in [3.05, 3.63) is 12.7 Å². The maximum absolute atomic E-state index is 11.3. The van der Waals surface area contributed by atoms with E-state index in [9.17, 15) is 4.79 Å². The van der Waals surface area contributed by atoms with Crippen molar-refractivity contribution >= 4 is 35.8 Å². The fourth-order valence-corrected chi connectivity index (χ4v) is 1.73. The van der Waals surface area contributed by atoms with E-state index in [-0.39, 0.29) is 36.4 Å². The minimum atomic E-state index is -0.127. The van der Waals surface area contributed by atoms with Gasteiger partial charge in [0.2, 0.25) is 5.91 Å². The van der Waals surface area contributed by atoms with Gasteiger partial charge in [-0.2, -0.15) is 0 Å². The number of hydrogen-bond acceptors (Lipinski definition) is 2. The van der Waals surface area contributed by atoms with Crippen LogP contribution in [0.1, 0.15) is 19.8 Å². The summed E-state index contributed by atoms with van der Waals surface area (Å²) in [4.78, 5) is 17.4. The van der Waals surface area contributed by atoms with Crippen LogP contribution in [0, 0.1) is 5.92 Å². The number of hydrogen-bond donors (Lipinski definition) is 2. The molecule has 1 saturated heterocycles. The molecule has 104 valence electrons. The first-order chi connectivity index (χ1) is 8.13. The predicted octanol–water partition coefficient (Wildman–Crippen LogP) is 0.953. The van der Waals surface area contributed by atoms with Crippen molar-refractivity contribution in [3.8, 4) is 0 Å². The van der Waals surface area contributed by atoms with Gasteiger partial charge in [-0.25, -0.2) is 4.99 Å². The molecule has 0 saturated carbocycles. The van der Waals surface area contributed by atoms with Gasteiger partial charge in [0.15, 0.2) is 5.96 Å². The number of nitrogens with two attached hydrogens (primary N) is 1. The molecule has 1 amide bonds. The van der Waals surface area contributed by atoms with E-state index >= 15 is 0 Å². The third-order valence-electron chi connectivity index (χ3n) is 2.94. The van der Waals surface area contributed by atoms with Crippen molar-refractivity contribution < 1.29 is 4.79 Å². The van der Waals surface area contributed by atoms with E-state index in [0.717, 1.165) is 31.8 Å².